The number of hydrogen-bond acceptors (Lipinski definition) is 4. The van der Waals surface area contributed by atoms with E-state index in [1.54, 1.807) is 6.07 Å². The Morgan fingerprint density at radius 1 is 0.271 bits per heavy atom. The molecule has 0 radical (unpaired) electrons. The summed E-state index contributed by atoms with van der Waals surface area (Å²) in [5, 5.41) is 16.8. The van der Waals surface area contributed by atoms with Crippen LogP contribution in [0.1, 0.15) is 16.7 Å². The number of rotatable bonds is 2. The van der Waals surface area contributed by atoms with E-state index in [2.05, 4.69) is 591 Å². The highest BCUT2D eigenvalue weighted by molar-refractivity contribution is 7.81. The minimum Gasteiger partial charge on any atom is -0.309 e. The quantitative estimate of drug-likeness (QED) is 0.170. The van der Waals surface area contributed by atoms with Crippen molar-refractivity contribution in [1.82, 2.24) is 0 Å². The fourth-order valence-corrected chi connectivity index (χ4v) is 6.42. The van der Waals surface area contributed by atoms with Crippen molar-refractivity contribution in [3.05, 3.63) is 64.5 Å². The van der Waals surface area contributed by atoms with Crippen molar-refractivity contribution in [2.75, 3.05) is 16.3 Å². The molecule has 0 spiro atoms. The highest BCUT2D eigenvalue weighted by Crippen LogP contribution is 2.40. The molecule has 0 N–H and O–H groups in total. The summed E-state index contributed by atoms with van der Waals surface area (Å²) in [6.45, 7) is 6.35. The highest BCUT2D eigenvalue weighted by atomic mass is 32.1. The summed E-state index contributed by atoms with van der Waals surface area (Å²) < 4.78 is 79.4. The molecule has 0 unspecified atom stereocenters. The lowest BCUT2D eigenvalue weighted by atomic mass is 10.1. The van der Waals surface area contributed by atoms with Crippen molar-refractivity contribution < 1.29 is 31.1 Å². The summed E-state index contributed by atoms with van der Waals surface area (Å²) in [7, 11) is 0. The van der Waals surface area contributed by atoms with Crippen molar-refractivity contribution in [3.63, 3.8) is 0 Å². The van der Waals surface area contributed by atoms with Crippen LogP contribution < -0.4 is 9.80 Å². The maximum atomic E-state index is 13.2. The van der Waals surface area contributed by atoms with Crippen molar-refractivity contribution in [3.8, 4) is 605 Å². The molecule has 1 amide bonds. The number of nitriles is 2. The second-order valence-corrected chi connectivity index (χ2v) is 19.1. The molecule has 133 heavy (non-hydrogen) atoms. The Kier molecular flexibility index (Phi) is 57.8. The van der Waals surface area contributed by atoms with Crippen LogP contribution >= 0.6 is 12.2 Å². The largest absolute Gasteiger partial charge is 0.417 e. The first-order valence-corrected chi connectivity index (χ1v) is 33.9. The maximum absolute atomic E-state index is 13.2. The van der Waals surface area contributed by atoms with E-state index < -0.39 is 47.2 Å². The van der Waals surface area contributed by atoms with Gasteiger partial charge in [-0.25, -0.2) is 4.85 Å². The van der Waals surface area contributed by atoms with Gasteiger partial charge in [-0.1, -0.05) is 6.07 Å². The summed E-state index contributed by atoms with van der Waals surface area (Å²) >= 11 is 5.14. The average Bonchev–Trinajstić information content (AvgIpc) is 1.64. The van der Waals surface area contributed by atoms with E-state index in [9.17, 15) is 31.1 Å². The highest BCUT2D eigenvalue weighted by Gasteiger charge is 2.40. The molecule has 0 aliphatic carbocycles. The van der Waals surface area contributed by atoms with E-state index in [-0.39, 0.29) is 16.5 Å². The van der Waals surface area contributed by atoms with E-state index in [0.717, 1.165) is 34.1 Å². The Balaban J connectivity index is 0.00000160. The summed E-state index contributed by atoms with van der Waals surface area (Å²) in [6, 6.07) is 8.32. The average molecular weight is 1680 g/mol. The van der Waals surface area contributed by atoms with Crippen molar-refractivity contribution in [1.29, 1.82) is 10.5 Å². The molecule has 0 aromatic heterocycles. The molecule has 1 fully saturated rings. The first-order valence-electron chi connectivity index (χ1n) is 33.5. The van der Waals surface area contributed by atoms with Crippen molar-refractivity contribution in [2.24, 2.45) is 0 Å². The molecule has 2 aromatic carbocycles. The number of carbonyl (C=O) groups is 1. The van der Waals surface area contributed by atoms with Crippen LogP contribution in [0.25, 0.3) is 4.85 Å². The SMILES string of the molecule is C#CC#CC#CC#CC#CC#CC#CC#CC#CC#CC#CC#CC#CC#CC#CC#CC#CC#CC#CC#CC#CC#CC#CC#CC#CC#CC#CC#CC#CC#CC#CC#CC#CC#CC#CC#CC#CC#CC#CC#CC#CC#CC#CC#CC#CC#CC#CC#CC#CC#CC#N.[C-]#[N+]c1ccc(N2C(=O)CN(c3ccc(C#N)c(C(F)(F)F)c3)C2=S)cc1C(F)(F)F. The normalized spacial score (nSPS) is 6.42. The molecule has 1 aliphatic rings. The monoisotopic (exact) mass is 1680 g/mol. The van der Waals surface area contributed by atoms with Gasteiger partial charge in [-0.3, -0.25) is 9.69 Å². The van der Waals surface area contributed by atoms with E-state index in [1.165, 1.54) is 6.07 Å². The molecule has 3 rings (SSSR count). The number of anilines is 2. The molecular weight excluding hydrogens is 1670 g/mol. The topological polar surface area (TPSA) is 75.5 Å². The number of terminal acetylenes is 1. The Bertz CT molecular complexity index is 8750. The Hall–Kier alpha value is -26.1. The molecule has 13 heteroatoms. The Morgan fingerprint density at radius 3 is 0.609 bits per heavy atom. The van der Waals surface area contributed by atoms with Crippen LogP contribution in [0.5, 0.6) is 0 Å². The standard InChI is InChI=1S/C101HN.C19H8F6N4OS/c1-2-3-4-5-6-7-8-9-10-11-12-13-14-15-16-17-18-19-20-21-22-23-24-25-26-27-28-29-30-31-32-33-34-35-36-37-38-39-40-41-42-43-44-45-46-47-48-49-50-51-52-53-54-55-56-57-58-59-60-61-62-63-64-65-66-67-68-69-70-71-72-73-74-75-76-77-78-79-80-81-82-83-84-85-86-87-88-89-90-91-92-93-94-95-96-97-98-99-100-101-102;1-27-15-5-4-12(7-14(15)19(23,24)25)29-16(30)9-28(17(29)31)11-3-2-10(8-26)13(6-11)18(20,21)22/h1H;2-7H,9H2. The number of thiocarbonyl (C=S) groups is 1. The molecule has 0 bridgehead atoms. The van der Waals surface area contributed by atoms with Gasteiger partial charge in [0.2, 0.25) is 0 Å². The Labute approximate surface area is 774 Å². The molecule has 6 nitrogen and oxygen atoms in total. The van der Waals surface area contributed by atoms with Gasteiger partial charge in [-0.05, 0) is 89.9 Å². The lowest BCUT2D eigenvalue weighted by Gasteiger charge is -2.22. The van der Waals surface area contributed by atoms with E-state index in [0.29, 0.717) is 12.1 Å². The van der Waals surface area contributed by atoms with Gasteiger partial charge in [-0.2, -0.15) is 36.9 Å². The number of benzene rings is 2. The second kappa shape index (κ2) is 74.7. The predicted octanol–water partition coefficient (Wildman–Crippen LogP) is 5.59. The van der Waals surface area contributed by atoms with E-state index in [4.69, 9.17) is 35.7 Å². The summed E-state index contributed by atoms with van der Waals surface area (Å²) in [5.41, 5.74) is -4.24. The number of carbonyl (C=O) groups excluding carboxylic acids is 1. The van der Waals surface area contributed by atoms with Crippen LogP contribution in [0.15, 0.2) is 36.4 Å². The first kappa shape index (κ1) is 103. The zero-order valence-electron chi connectivity index (χ0n) is 66.1. The van der Waals surface area contributed by atoms with Gasteiger partial charge in [0.25, 0.3) is 5.91 Å². The van der Waals surface area contributed by atoms with Crippen LogP contribution in [-0.4, -0.2) is 17.6 Å². The van der Waals surface area contributed by atoms with Crippen LogP contribution in [0.2, 0.25) is 0 Å². The van der Waals surface area contributed by atoms with E-state index in [1.807, 2.05) is 0 Å². The summed E-state index contributed by atoms with van der Waals surface area (Å²) in [4.78, 5) is 17.0. The molecule has 1 aliphatic heterocycles. The molecular formula is C120H9F6N5OS. The predicted molar refractivity (Wildman–Crippen MR) is 497 cm³/mol. The third-order valence-electron chi connectivity index (χ3n) is 10.6. The summed E-state index contributed by atoms with van der Waals surface area (Å²) in [6.07, 6.45) is -4.76. The van der Waals surface area contributed by atoms with Crippen LogP contribution in [0.4, 0.5) is 43.4 Å². The first-order chi connectivity index (χ1) is 65.3. The van der Waals surface area contributed by atoms with E-state index >= 15 is 0 Å². The molecule has 568 valence electrons. The van der Waals surface area contributed by atoms with Crippen LogP contribution in [-0.2, 0) is 17.1 Å². The zero-order chi connectivity index (χ0) is 95.8. The minimum atomic E-state index is -4.87. The number of nitrogens with zero attached hydrogens (tertiary/aromatic N) is 5. The number of hydrogen-bond donors (Lipinski definition) is 0. The van der Waals surface area contributed by atoms with Crippen molar-refractivity contribution >= 4 is 40.3 Å². The fraction of sp³-hybridized carbons (Fsp3) is 0.0250. The molecule has 0 atom stereocenters. The van der Waals surface area contributed by atoms with Gasteiger partial charge in [0.1, 0.15) is 6.54 Å². The zero-order valence-corrected chi connectivity index (χ0v) is 66.9. The van der Waals surface area contributed by atoms with Gasteiger partial charge in [-0.15, -0.1) is 6.42 Å². The smallest absolute Gasteiger partial charge is 0.309 e. The minimum absolute atomic E-state index is 0.152. The Morgan fingerprint density at radius 2 is 0.444 bits per heavy atom. The van der Waals surface area contributed by atoms with Gasteiger partial charge >= 0.3 is 12.4 Å². The van der Waals surface area contributed by atoms with Crippen LogP contribution in [0.3, 0.4) is 0 Å². The lowest BCUT2D eigenvalue weighted by Crippen LogP contribution is -2.33. The fourth-order valence-electron chi connectivity index (χ4n) is 6.04. The second-order valence-electron chi connectivity index (χ2n) is 18.8. The molecule has 2 aromatic rings. The van der Waals surface area contributed by atoms with Gasteiger partial charge in [0, 0.05) is 550 Å². The van der Waals surface area contributed by atoms with Gasteiger partial charge < -0.3 is 4.90 Å². The summed E-state index contributed by atoms with van der Waals surface area (Å²) in [5.74, 6) is 244. The van der Waals surface area contributed by atoms with Gasteiger partial charge in [0.05, 0.1) is 29.3 Å². The molecule has 1 heterocycles. The lowest BCUT2D eigenvalue weighted by molar-refractivity contribution is -0.138. The number of alkyl halides is 6. The number of halogens is 6. The third-order valence-corrected chi connectivity index (χ3v) is 11.0. The molecule has 1 saturated heterocycles. The maximum Gasteiger partial charge on any atom is 0.417 e. The molecule has 0 saturated carbocycles. The van der Waals surface area contributed by atoms with Crippen molar-refractivity contribution in [2.45, 2.75) is 12.4 Å². The number of amides is 1. The third kappa shape index (κ3) is 59.2. The van der Waals surface area contributed by atoms with Gasteiger partial charge in [0.15, 0.2) is 16.9 Å². The van der Waals surface area contributed by atoms with Crippen LogP contribution in [0, 0.1) is 622 Å².